The molecule has 3 heterocycles. The summed E-state index contributed by atoms with van der Waals surface area (Å²) in [7, 11) is 0. The predicted octanol–water partition coefficient (Wildman–Crippen LogP) is 1.39. The lowest BCUT2D eigenvalue weighted by Gasteiger charge is -2.27. The van der Waals surface area contributed by atoms with Crippen LogP contribution in [0.1, 0.15) is 30.7 Å². The van der Waals surface area contributed by atoms with Gasteiger partial charge >= 0.3 is 0 Å². The van der Waals surface area contributed by atoms with Gasteiger partial charge in [0.25, 0.3) is 5.91 Å². The quantitative estimate of drug-likeness (QED) is 0.731. The molecule has 1 aromatic heterocycles. The summed E-state index contributed by atoms with van der Waals surface area (Å²) >= 11 is 0. The molecule has 0 N–H and O–H groups in total. The summed E-state index contributed by atoms with van der Waals surface area (Å²) in [5.74, 6) is 0.0994. The molecule has 0 atom stereocenters. The Balaban J connectivity index is 1.32. The summed E-state index contributed by atoms with van der Waals surface area (Å²) in [5.41, 5.74) is 1.65. The van der Waals surface area contributed by atoms with Gasteiger partial charge in [0, 0.05) is 32.5 Å². The van der Waals surface area contributed by atoms with Crippen molar-refractivity contribution in [2.75, 3.05) is 26.2 Å². The van der Waals surface area contributed by atoms with Gasteiger partial charge in [-0.25, -0.2) is 9.07 Å². The Hall–Kier alpha value is -2.97. The number of hydrogen-bond acceptors (Lipinski definition) is 5. The summed E-state index contributed by atoms with van der Waals surface area (Å²) in [6.45, 7) is 3.05. The lowest BCUT2D eigenvalue weighted by atomic mass is 10.1. The molecule has 8 nitrogen and oxygen atoms in total. The van der Waals surface area contributed by atoms with Gasteiger partial charge in [0.15, 0.2) is 6.61 Å². The van der Waals surface area contributed by atoms with Gasteiger partial charge in [0.1, 0.15) is 11.6 Å². The molecule has 0 unspecified atom stereocenters. The molecule has 0 radical (unpaired) electrons. The number of ether oxygens (including phenoxy) is 1. The molecule has 154 valence electrons. The smallest absolute Gasteiger partial charge is 0.260 e. The topological polar surface area (TPSA) is 80.6 Å². The molecule has 2 amide bonds. The molecule has 2 aromatic rings. The third-order valence-electron chi connectivity index (χ3n) is 5.40. The second kappa shape index (κ2) is 8.59. The van der Waals surface area contributed by atoms with Crippen LogP contribution < -0.4 is 4.74 Å². The highest BCUT2D eigenvalue weighted by Crippen LogP contribution is 2.18. The van der Waals surface area contributed by atoms with Crippen molar-refractivity contribution in [2.45, 2.75) is 38.8 Å². The Bertz CT molecular complexity index is 877. The van der Waals surface area contributed by atoms with E-state index >= 15 is 0 Å². The molecule has 1 aromatic carbocycles. The molecule has 0 spiro atoms. The van der Waals surface area contributed by atoms with Crippen molar-refractivity contribution in [1.29, 1.82) is 0 Å². The van der Waals surface area contributed by atoms with E-state index < -0.39 is 0 Å². The standard InChI is InChI=1S/C20H24FN5O3/c21-15-3-5-16(6-4-15)29-14-20(28)25-11-12-26-18(13-25)17(22-23-26)7-8-19(27)24-9-1-2-10-24/h3-6H,1-2,7-14H2. The van der Waals surface area contributed by atoms with E-state index in [9.17, 15) is 14.0 Å². The first kappa shape index (κ1) is 19.4. The highest BCUT2D eigenvalue weighted by atomic mass is 19.1. The van der Waals surface area contributed by atoms with E-state index in [1.807, 2.05) is 4.90 Å². The first-order valence-corrected chi connectivity index (χ1v) is 9.95. The number of fused-ring (bicyclic) bond motifs is 1. The molecule has 2 aliphatic heterocycles. The van der Waals surface area contributed by atoms with Crippen LogP contribution in [0.15, 0.2) is 24.3 Å². The summed E-state index contributed by atoms with van der Waals surface area (Å²) < 4.78 is 20.2. The first-order valence-electron chi connectivity index (χ1n) is 9.95. The van der Waals surface area contributed by atoms with Crippen LogP contribution in [0.2, 0.25) is 0 Å². The molecular formula is C20H24FN5O3. The Morgan fingerprint density at radius 3 is 2.52 bits per heavy atom. The Morgan fingerprint density at radius 2 is 1.76 bits per heavy atom. The number of carbonyl (C=O) groups is 2. The third-order valence-corrected chi connectivity index (χ3v) is 5.40. The second-order valence-electron chi connectivity index (χ2n) is 7.35. The monoisotopic (exact) mass is 401 g/mol. The number of halogens is 1. The van der Waals surface area contributed by atoms with Crippen LogP contribution in [0.25, 0.3) is 0 Å². The molecule has 2 aliphatic rings. The van der Waals surface area contributed by atoms with Gasteiger partial charge in [0.05, 0.1) is 24.5 Å². The van der Waals surface area contributed by atoms with Crippen molar-refractivity contribution < 1.29 is 18.7 Å². The highest BCUT2D eigenvalue weighted by Gasteiger charge is 2.26. The fourth-order valence-corrected chi connectivity index (χ4v) is 3.72. The first-order chi connectivity index (χ1) is 14.1. The van der Waals surface area contributed by atoms with Gasteiger partial charge in [-0.15, -0.1) is 5.10 Å². The number of amides is 2. The minimum absolute atomic E-state index is 0.115. The fraction of sp³-hybridized carbons (Fsp3) is 0.500. The van der Waals surface area contributed by atoms with E-state index in [-0.39, 0.29) is 24.2 Å². The number of nitrogens with zero attached hydrogens (tertiary/aromatic N) is 5. The van der Waals surface area contributed by atoms with Crippen molar-refractivity contribution in [3.63, 3.8) is 0 Å². The van der Waals surface area contributed by atoms with E-state index in [4.69, 9.17) is 4.74 Å². The fourth-order valence-electron chi connectivity index (χ4n) is 3.72. The average molecular weight is 401 g/mol. The summed E-state index contributed by atoms with van der Waals surface area (Å²) in [6, 6.07) is 5.57. The lowest BCUT2D eigenvalue weighted by molar-refractivity contribution is -0.135. The van der Waals surface area contributed by atoms with Gasteiger partial charge in [-0.3, -0.25) is 9.59 Å². The van der Waals surface area contributed by atoms with Gasteiger partial charge in [-0.1, -0.05) is 5.21 Å². The highest BCUT2D eigenvalue weighted by molar-refractivity contribution is 5.78. The minimum Gasteiger partial charge on any atom is -0.484 e. The van der Waals surface area contributed by atoms with E-state index in [2.05, 4.69) is 10.3 Å². The van der Waals surface area contributed by atoms with Crippen LogP contribution in [0.5, 0.6) is 5.75 Å². The molecule has 1 saturated heterocycles. The molecule has 0 bridgehead atoms. The number of carbonyl (C=O) groups excluding carboxylic acids is 2. The Morgan fingerprint density at radius 1 is 1.00 bits per heavy atom. The van der Waals surface area contributed by atoms with E-state index in [0.717, 1.165) is 37.3 Å². The normalized spacial score (nSPS) is 16.0. The van der Waals surface area contributed by atoms with Gasteiger partial charge in [-0.2, -0.15) is 0 Å². The van der Waals surface area contributed by atoms with Crippen LogP contribution in [0, 0.1) is 5.82 Å². The Labute approximate surface area is 168 Å². The van der Waals surface area contributed by atoms with Gasteiger partial charge in [-0.05, 0) is 37.1 Å². The zero-order valence-corrected chi connectivity index (χ0v) is 16.2. The third kappa shape index (κ3) is 4.55. The number of rotatable bonds is 6. The number of benzene rings is 1. The maximum absolute atomic E-state index is 13.0. The van der Waals surface area contributed by atoms with Crippen molar-refractivity contribution in [2.24, 2.45) is 0 Å². The van der Waals surface area contributed by atoms with Gasteiger partial charge < -0.3 is 14.5 Å². The number of hydrogen-bond donors (Lipinski definition) is 0. The second-order valence-corrected chi connectivity index (χ2v) is 7.35. The van der Waals surface area contributed by atoms with Crippen molar-refractivity contribution in [3.05, 3.63) is 41.5 Å². The van der Waals surface area contributed by atoms with Crippen LogP contribution in [-0.4, -0.2) is 62.8 Å². The summed E-state index contributed by atoms with van der Waals surface area (Å²) in [5, 5.41) is 8.39. The molecule has 1 fully saturated rings. The molecule has 4 rings (SSSR count). The largest absolute Gasteiger partial charge is 0.484 e. The lowest BCUT2D eigenvalue weighted by Crippen LogP contribution is -2.41. The SMILES string of the molecule is O=C(CCc1nnn2c1CN(C(=O)COc1ccc(F)cc1)CC2)N1CCCC1. The minimum atomic E-state index is -0.351. The van der Waals surface area contributed by atoms with Gasteiger partial charge in [0.2, 0.25) is 5.91 Å². The molecular weight excluding hydrogens is 377 g/mol. The summed E-state index contributed by atoms with van der Waals surface area (Å²) in [4.78, 5) is 28.4. The van der Waals surface area contributed by atoms with Crippen molar-refractivity contribution >= 4 is 11.8 Å². The number of likely N-dealkylation sites (tertiary alicyclic amines) is 1. The number of aryl methyl sites for hydroxylation is 1. The number of aromatic nitrogens is 3. The van der Waals surface area contributed by atoms with Crippen molar-refractivity contribution in [1.82, 2.24) is 24.8 Å². The predicted molar refractivity (Wildman–Crippen MR) is 101 cm³/mol. The maximum atomic E-state index is 13.0. The van der Waals surface area contributed by atoms with Crippen LogP contribution in [0.4, 0.5) is 4.39 Å². The van der Waals surface area contributed by atoms with Crippen LogP contribution in [-0.2, 0) is 29.1 Å². The summed E-state index contributed by atoms with van der Waals surface area (Å²) in [6.07, 6.45) is 3.08. The van der Waals surface area contributed by atoms with Crippen LogP contribution in [0.3, 0.4) is 0 Å². The molecule has 29 heavy (non-hydrogen) atoms. The molecule has 0 saturated carbocycles. The van der Waals surface area contributed by atoms with Crippen LogP contribution >= 0.6 is 0 Å². The van der Waals surface area contributed by atoms with E-state index in [1.54, 1.807) is 9.58 Å². The maximum Gasteiger partial charge on any atom is 0.260 e. The zero-order valence-electron chi connectivity index (χ0n) is 16.2. The Kier molecular flexibility index (Phi) is 5.73. The van der Waals surface area contributed by atoms with E-state index in [0.29, 0.717) is 38.2 Å². The molecule has 9 heteroatoms. The molecule has 0 aliphatic carbocycles. The van der Waals surface area contributed by atoms with Crippen molar-refractivity contribution in [3.8, 4) is 5.75 Å². The average Bonchev–Trinajstić information content (AvgIpc) is 3.41. The zero-order chi connectivity index (χ0) is 20.2. The van der Waals surface area contributed by atoms with E-state index in [1.165, 1.54) is 24.3 Å².